The van der Waals surface area contributed by atoms with Crippen LogP contribution in [0.15, 0.2) is 0 Å². The molecule has 2 aliphatic heterocycles. The molecule has 2 heterocycles. The monoisotopic (exact) mass is 336 g/mol. The summed E-state index contributed by atoms with van der Waals surface area (Å²) in [7, 11) is 0. The van der Waals surface area contributed by atoms with Gasteiger partial charge in [0.15, 0.2) is 0 Å². The van der Waals surface area contributed by atoms with Gasteiger partial charge in [-0.05, 0) is 38.5 Å². The number of carboxylic acid groups (broad SMARTS) is 1. The van der Waals surface area contributed by atoms with E-state index in [4.69, 9.17) is 0 Å². The molecule has 0 aromatic rings. The topological polar surface area (TPSA) is 77.9 Å². The zero-order valence-corrected chi connectivity index (χ0v) is 14.3. The van der Waals surface area contributed by atoms with Gasteiger partial charge in [0, 0.05) is 38.0 Å². The normalized spacial score (nSPS) is 31.1. The van der Waals surface area contributed by atoms with Gasteiger partial charge >= 0.3 is 5.97 Å². The largest absolute Gasteiger partial charge is 0.481 e. The Labute approximate surface area is 143 Å². The molecule has 0 unspecified atom stereocenters. The summed E-state index contributed by atoms with van der Waals surface area (Å²) >= 11 is 0. The molecule has 3 aliphatic rings. The third-order valence-corrected chi connectivity index (χ3v) is 5.90. The average molecular weight is 336 g/mol. The van der Waals surface area contributed by atoms with E-state index < -0.39 is 11.9 Å². The van der Waals surface area contributed by atoms with E-state index in [1.807, 2.05) is 4.90 Å². The second-order valence-corrected chi connectivity index (χ2v) is 7.49. The van der Waals surface area contributed by atoms with Crippen molar-refractivity contribution in [2.24, 2.45) is 17.8 Å². The lowest BCUT2D eigenvalue weighted by molar-refractivity contribution is -0.152. The molecule has 2 saturated heterocycles. The Kier molecular flexibility index (Phi) is 5.41. The predicted octanol–water partition coefficient (Wildman–Crippen LogP) is 1.74. The Bertz CT molecular complexity index is 501. The highest BCUT2D eigenvalue weighted by molar-refractivity contribution is 5.88. The third-order valence-electron chi connectivity index (χ3n) is 5.90. The number of hydrogen-bond donors (Lipinski definition) is 1. The van der Waals surface area contributed by atoms with Crippen LogP contribution in [0.25, 0.3) is 0 Å². The number of piperidine rings is 1. The molecular formula is C18H28N2O4. The minimum absolute atomic E-state index is 0.0122. The van der Waals surface area contributed by atoms with Crippen LogP contribution in [0.3, 0.4) is 0 Å². The first-order valence-corrected chi connectivity index (χ1v) is 9.38. The SMILES string of the molecule is O=C(O)[C@@H]1CCCN(C(=O)[C@@H]2CCCC[C@H]2C(=O)N2CCCC2)C1. The van der Waals surface area contributed by atoms with E-state index in [1.165, 1.54) is 0 Å². The number of likely N-dealkylation sites (tertiary alicyclic amines) is 2. The van der Waals surface area contributed by atoms with E-state index >= 15 is 0 Å². The zero-order chi connectivity index (χ0) is 17.1. The van der Waals surface area contributed by atoms with Crippen molar-refractivity contribution in [2.75, 3.05) is 26.2 Å². The van der Waals surface area contributed by atoms with Crippen molar-refractivity contribution in [2.45, 2.75) is 51.4 Å². The van der Waals surface area contributed by atoms with Gasteiger partial charge in [0.05, 0.1) is 5.92 Å². The van der Waals surface area contributed by atoms with Gasteiger partial charge in [0.2, 0.25) is 11.8 Å². The van der Waals surface area contributed by atoms with E-state index in [0.29, 0.717) is 19.5 Å². The fourth-order valence-electron chi connectivity index (χ4n) is 4.51. The lowest BCUT2D eigenvalue weighted by Crippen LogP contribution is -2.49. The summed E-state index contributed by atoms with van der Waals surface area (Å²) in [6, 6.07) is 0. The Morgan fingerprint density at radius 1 is 0.708 bits per heavy atom. The number of carbonyl (C=O) groups is 3. The number of carbonyl (C=O) groups excluding carboxylic acids is 2. The maximum Gasteiger partial charge on any atom is 0.308 e. The molecule has 0 spiro atoms. The maximum atomic E-state index is 13.0. The van der Waals surface area contributed by atoms with Crippen LogP contribution in [-0.4, -0.2) is 58.9 Å². The first kappa shape index (κ1) is 17.2. The molecule has 1 N–H and O–H groups in total. The summed E-state index contributed by atoms with van der Waals surface area (Å²) in [5.74, 6) is -1.57. The van der Waals surface area contributed by atoms with Crippen LogP contribution in [0.5, 0.6) is 0 Å². The number of amides is 2. The smallest absolute Gasteiger partial charge is 0.308 e. The number of aliphatic carboxylic acids is 1. The van der Waals surface area contributed by atoms with Gasteiger partial charge in [-0.1, -0.05) is 12.8 Å². The fourth-order valence-corrected chi connectivity index (χ4v) is 4.51. The Balaban J connectivity index is 1.68. The minimum atomic E-state index is -0.819. The standard InChI is InChI=1S/C18H28N2O4/c21-16(19-9-3-4-10-19)14-7-1-2-8-15(14)17(22)20-11-5-6-13(12-20)18(23)24/h13-15H,1-12H2,(H,23,24)/t13-,14-,15-/m1/s1. The van der Waals surface area contributed by atoms with E-state index in [-0.39, 0.29) is 23.7 Å². The van der Waals surface area contributed by atoms with Gasteiger partial charge in [0.1, 0.15) is 0 Å². The molecule has 6 nitrogen and oxygen atoms in total. The highest BCUT2D eigenvalue weighted by Gasteiger charge is 2.41. The predicted molar refractivity (Wildman–Crippen MR) is 88.2 cm³/mol. The summed E-state index contributed by atoms with van der Waals surface area (Å²) in [6.45, 7) is 2.57. The van der Waals surface area contributed by atoms with Gasteiger partial charge in [-0.15, -0.1) is 0 Å². The fraction of sp³-hybridized carbons (Fsp3) is 0.833. The van der Waals surface area contributed by atoms with Gasteiger partial charge in [0.25, 0.3) is 0 Å². The zero-order valence-electron chi connectivity index (χ0n) is 14.3. The molecule has 1 saturated carbocycles. The number of nitrogens with zero attached hydrogens (tertiary/aromatic N) is 2. The van der Waals surface area contributed by atoms with Gasteiger partial charge < -0.3 is 14.9 Å². The highest BCUT2D eigenvalue weighted by atomic mass is 16.4. The van der Waals surface area contributed by atoms with Crippen LogP contribution in [0.4, 0.5) is 0 Å². The lowest BCUT2D eigenvalue weighted by atomic mass is 9.77. The molecule has 3 rings (SSSR count). The van der Waals surface area contributed by atoms with Crippen LogP contribution in [0.1, 0.15) is 51.4 Å². The van der Waals surface area contributed by atoms with Crippen molar-refractivity contribution in [3.8, 4) is 0 Å². The molecule has 0 aromatic heterocycles. The molecule has 24 heavy (non-hydrogen) atoms. The molecule has 2 amide bonds. The molecular weight excluding hydrogens is 308 g/mol. The molecule has 3 atom stereocenters. The summed E-state index contributed by atoms with van der Waals surface area (Å²) in [4.78, 5) is 40.7. The second kappa shape index (κ2) is 7.53. The summed E-state index contributed by atoms with van der Waals surface area (Å²) in [5, 5.41) is 9.23. The summed E-state index contributed by atoms with van der Waals surface area (Å²) < 4.78 is 0. The van der Waals surface area contributed by atoms with E-state index in [0.717, 1.165) is 58.0 Å². The van der Waals surface area contributed by atoms with Gasteiger partial charge in [-0.25, -0.2) is 0 Å². The van der Waals surface area contributed by atoms with E-state index in [9.17, 15) is 19.5 Å². The van der Waals surface area contributed by atoms with Crippen molar-refractivity contribution < 1.29 is 19.5 Å². The Hall–Kier alpha value is -1.59. The van der Waals surface area contributed by atoms with Gasteiger partial charge in [-0.2, -0.15) is 0 Å². The molecule has 0 aromatic carbocycles. The number of carboxylic acids is 1. The van der Waals surface area contributed by atoms with E-state index in [2.05, 4.69) is 0 Å². The first-order valence-electron chi connectivity index (χ1n) is 9.38. The molecule has 3 fully saturated rings. The number of rotatable bonds is 3. The van der Waals surface area contributed by atoms with Crippen molar-refractivity contribution >= 4 is 17.8 Å². The maximum absolute atomic E-state index is 13.0. The van der Waals surface area contributed by atoms with Crippen LogP contribution >= 0.6 is 0 Å². The van der Waals surface area contributed by atoms with Crippen molar-refractivity contribution in [3.63, 3.8) is 0 Å². The van der Waals surface area contributed by atoms with Crippen LogP contribution in [0.2, 0.25) is 0 Å². The lowest BCUT2D eigenvalue weighted by Gasteiger charge is -2.38. The van der Waals surface area contributed by atoms with Crippen molar-refractivity contribution in [1.82, 2.24) is 9.80 Å². The highest BCUT2D eigenvalue weighted by Crippen LogP contribution is 2.34. The van der Waals surface area contributed by atoms with Crippen molar-refractivity contribution in [3.05, 3.63) is 0 Å². The molecule has 0 bridgehead atoms. The third kappa shape index (κ3) is 3.57. The molecule has 1 aliphatic carbocycles. The van der Waals surface area contributed by atoms with Gasteiger partial charge in [-0.3, -0.25) is 14.4 Å². The Morgan fingerprint density at radius 2 is 1.25 bits per heavy atom. The minimum Gasteiger partial charge on any atom is -0.481 e. The van der Waals surface area contributed by atoms with Crippen molar-refractivity contribution in [1.29, 1.82) is 0 Å². The van der Waals surface area contributed by atoms with Crippen LogP contribution < -0.4 is 0 Å². The average Bonchev–Trinajstić information content (AvgIpc) is 3.15. The van der Waals surface area contributed by atoms with Crippen LogP contribution in [0, 0.1) is 17.8 Å². The van der Waals surface area contributed by atoms with Crippen LogP contribution in [-0.2, 0) is 14.4 Å². The Morgan fingerprint density at radius 3 is 1.83 bits per heavy atom. The molecule has 6 heteroatoms. The van der Waals surface area contributed by atoms with E-state index in [1.54, 1.807) is 4.90 Å². The quantitative estimate of drug-likeness (QED) is 0.851. The first-order chi connectivity index (χ1) is 11.6. The molecule has 134 valence electrons. The summed E-state index contributed by atoms with van der Waals surface area (Å²) in [6.07, 6.45) is 7.04. The molecule has 0 radical (unpaired) electrons. The number of hydrogen-bond acceptors (Lipinski definition) is 3. The summed E-state index contributed by atoms with van der Waals surface area (Å²) in [5.41, 5.74) is 0. The second-order valence-electron chi connectivity index (χ2n) is 7.49.